The molecule has 0 aliphatic rings. The van der Waals surface area contributed by atoms with Crippen molar-refractivity contribution in [3.63, 3.8) is 0 Å². The van der Waals surface area contributed by atoms with Gasteiger partial charge in [0.2, 0.25) is 10.0 Å². The van der Waals surface area contributed by atoms with Crippen molar-refractivity contribution in [1.82, 2.24) is 14.5 Å². The van der Waals surface area contributed by atoms with Crippen molar-refractivity contribution in [3.05, 3.63) is 47.9 Å². The van der Waals surface area contributed by atoms with Gasteiger partial charge in [-0.05, 0) is 43.0 Å². The number of esters is 1. The number of unbranched alkanes of at least 4 members (excludes halogenated alkanes) is 1. The summed E-state index contributed by atoms with van der Waals surface area (Å²) in [4.78, 5) is 21.2. The Kier molecular flexibility index (Phi) is 6.56. The molecule has 29 heavy (non-hydrogen) atoms. The van der Waals surface area contributed by atoms with Gasteiger partial charge >= 0.3 is 5.97 Å². The molecule has 2 N–H and O–H groups in total. The number of hydrogen-bond acceptors (Lipinski definition) is 7. The third-order valence-corrected chi connectivity index (χ3v) is 6.00. The Morgan fingerprint density at radius 1 is 1.31 bits per heavy atom. The van der Waals surface area contributed by atoms with E-state index >= 15 is 0 Å². The molecule has 2 heterocycles. The van der Waals surface area contributed by atoms with Gasteiger partial charge in [0.05, 0.1) is 21.5 Å². The van der Waals surface area contributed by atoms with Crippen LogP contribution in [0.5, 0.6) is 0 Å². The molecule has 1 aromatic carbocycles. The molecule has 0 unspecified atom stereocenters. The number of nitrogens with zero attached hydrogens (tertiary/aromatic N) is 3. The van der Waals surface area contributed by atoms with Gasteiger partial charge in [-0.3, -0.25) is 0 Å². The number of rotatable bonds is 8. The van der Waals surface area contributed by atoms with Gasteiger partial charge in [-0.25, -0.2) is 28.3 Å². The van der Waals surface area contributed by atoms with Gasteiger partial charge in [0.15, 0.2) is 0 Å². The Morgan fingerprint density at radius 3 is 2.79 bits per heavy atom. The summed E-state index contributed by atoms with van der Waals surface area (Å²) in [5.41, 5.74) is 1.65. The predicted molar refractivity (Wildman–Crippen MR) is 111 cm³/mol. The second kappa shape index (κ2) is 8.93. The minimum atomic E-state index is -3.83. The Bertz CT molecular complexity index is 1140. The average Bonchev–Trinajstić information content (AvgIpc) is 3.06. The van der Waals surface area contributed by atoms with E-state index in [1.54, 1.807) is 24.4 Å². The summed E-state index contributed by atoms with van der Waals surface area (Å²) in [5.74, 6) is 0.0599. The van der Waals surface area contributed by atoms with Crippen LogP contribution in [0.3, 0.4) is 0 Å². The van der Waals surface area contributed by atoms with Crippen LogP contribution in [0.15, 0.2) is 46.5 Å². The third kappa shape index (κ3) is 4.77. The normalized spacial score (nSPS) is 11.7. The Labute approximate surface area is 173 Å². The average molecular weight is 435 g/mol. The van der Waals surface area contributed by atoms with Crippen molar-refractivity contribution in [2.24, 2.45) is 5.14 Å². The van der Waals surface area contributed by atoms with Crippen molar-refractivity contribution in [1.29, 1.82) is 0 Å². The van der Waals surface area contributed by atoms with Gasteiger partial charge in [0.25, 0.3) is 0 Å². The lowest BCUT2D eigenvalue weighted by atomic mass is 10.3. The number of ether oxygens (including phenoxy) is 1. The highest BCUT2D eigenvalue weighted by Crippen LogP contribution is 2.22. The van der Waals surface area contributed by atoms with Crippen molar-refractivity contribution in [2.45, 2.75) is 42.8 Å². The Balaban J connectivity index is 1.91. The molecule has 0 atom stereocenters. The quantitative estimate of drug-likeness (QED) is 0.428. The number of fused-ring (bicyclic) bond motifs is 1. The number of aromatic nitrogens is 3. The van der Waals surface area contributed by atoms with Crippen LogP contribution in [0, 0.1) is 0 Å². The van der Waals surface area contributed by atoms with Crippen molar-refractivity contribution < 1.29 is 17.9 Å². The van der Waals surface area contributed by atoms with Crippen LogP contribution in [-0.2, 0) is 27.9 Å². The molecule has 0 aliphatic carbocycles. The van der Waals surface area contributed by atoms with Gasteiger partial charge in [-0.1, -0.05) is 13.3 Å². The first-order valence-electron chi connectivity index (χ1n) is 9.03. The molecule has 8 nitrogen and oxygen atoms in total. The van der Waals surface area contributed by atoms with Crippen molar-refractivity contribution in [3.8, 4) is 0 Å². The number of nitrogens with two attached hydrogens (primary N) is 1. The van der Waals surface area contributed by atoms with Crippen LogP contribution >= 0.6 is 11.8 Å². The first-order valence-corrected chi connectivity index (χ1v) is 11.8. The zero-order chi connectivity index (χ0) is 21.0. The highest BCUT2D eigenvalue weighted by molar-refractivity contribution is 7.98. The first kappa shape index (κ1) is 21.3. The number of benzene rings is 1. The van der Waals surface area contributed by atoms with E-state index in [-0.39, 0.29) is 11.5 Å². The summed E-state index contributed by atoms with van der Waals surface area (Å²) in [5, 5.41) is 5.82. The fourth-order valence-electron chi connectivity index (χ4n) is 2.93. The molecule has 2 aromatic heterocycles. The summed E-state index contributed by atoms with van der Waals surface area (Å²) in [6.07, 6.45) is 5.34. The number of aryl methyl sites for hydroxylation is 1. The molecule has 0 aliphatic heterocycles. The van der Waals surface area contributed by atoms with Crippen LogP contribution in [0.2, 0.25) is 0 Å². The Morgan fingerprint density at radius 2 is 2.10 bits per heavy atom. The molecule has 3 rings (SSSR count). The number of imidazole rings is 1. The number of thioether (sulfide) groups is 1. The number of carbonyl (C=O) groups excluding carboxylic acids is 1. The fourth-order valence-corrected chi connectivity index (χ4v) is 4.00. The number of carbonyl (C=O) groups is 1. The molecule has 0 saturated heterocycles. The molecule has 0 saturated carbocycles. The maximum absolute atomic E-state index is 12.5. The molecule has 10 heteroatoms. The third-order valence-electron chi connectivity index (χ3n) is 4.38. The van der Waals surface area contributed by atoms with E-state index < -0.39 is 16.0 Å². The Hall–Kier alpha value is -2.43. The monoisotopic (exact) mass is 434 g/mol. The molecule has 0 fully saturated rings. The van der Waals surface area contributed by atoms with E-state index in [1.807, 2.05) is 10.8 Å². The minimum absolute atomic E-state index is 0.00587. The topological polar surface area (TPSA) is 117 Å². The zero-order valence-corrected chi connectivity index (χ0v) is 17.8. The van der Waals surface area contributed by atoms with Crippen molar-refractivity contribution >= 4 is 38.8 Å². The van der Waals surface area contributed by atoms with E-state index in [9.17, 15) is 13.2 Å². The van der Waals surface area contributed by atoms with Crippen LogP contribution in [0.4, 0.5) is 0 Å². The molecule has 0 radical (unpaired) electrons. The number of sulfonamides is 1. The molecule has 0 bridgehead atoms. The molecular weight excluding hydrogens is 412 g/mol. The summed E-state index contributed by atoms with van der Waals surface area (Å²) in [6, 6.07) is 7.92. The lowest BCUT2D eigenvalue weighted by Crippen LogP contribution is -2.12. The molecule has 154 valence electrons. The van der Waals surface area contributed by atoms with Gasteiger partial charge < -0.3 is 9.30 Å². The van der Waals surface area contributed by atoms with Crippen LogP contribution in [-0.4, -0.2) is 35.2 Å². The van der Waals surface area contributed by atoms with Crippen molar-refractivity contribution in [2.75, 3.05) is 6.26 Å². The summed E-state index contributed by atoms with van der Waals surface area (Å²) < 4.78 is 30.7. The van der Waals surface area contributed by atoms with Gasteiger partial charge in [-0.15, -0.1) is 11.8 Å². The summed E-state index contributed by atoms with van der Waals surface area (Å²) >= 11 is 1.37. The first-order chi connectivity index (χ1) is 13.8. The largest absolute Gasteiger partial charge is 0.454 e. The van der Waals surface area contributed by atoms with Crippen LogP contribution < -0.4 is 5.14 Å². The lowest BCUT2D eigenvalue weighted by molar-refractivity contribution is 0.0453. The van der Waals surface area contributed by atoms with Crippen LogP contribution in [0.25, 0.3) is 11.0 Å². The maximum Gasteiger partial charge on any atom is 0.341 e. The molecule has 0 amide bonds. The minimum Gasteiger partial charge on any atom is -0.454 e. The number of hydrogen-bond donors (Lipinski definition) is 1. The number of pyridine rings is 1. The summed E-state index contributed by atoms with van der Waals surface area (Å²) in [7, 11) is -3.83. The highest BCUT2D eigenvalue weighted by Gasteiger charge is 2.18. The lowest BCUT2D eigenvalue weighted by Gasteiger charge is -2.10. The SMILES string of the molecule is CCCCn1c(COC(=O)c2cccnc2SC)nc2cc(S(N)(=O)=O)ccc21. The highest BCUT2D eigenvalue weighted by atomic mass is 32.2. The second-order valence-electron chi connectivity index (χ2n) is 6.37. The molecule has 0 spiro atoms. The van der Waals surface area contributed by atoms with Gasteiger partial charge in [0.1, 0.15) is 17.5 Å². The predicted octanol–water partition coefficient (Wildman–Crippen LogP) is 2.96. The smallest absolute Gasteiger partial charge is 0.341 e. The van der Waals surface area contributed by atoms with E-state index in [0.717, 1.165) is 18.4 Å². The number of primary sulfonamides is 1. The zero-order valence-electron chi connectivity index (χ0n) is 16.2. The maximum atomic E-state index is 12.5. The second-order valence-corrected chi connectivity index (χ2v) is 8.72. The van der Waals surface area contributed by atoms with Gasteiger partial charge in [0, 0.05) is 12.7 Å². The van der Waals surface area contributed by atoms with Gasteiger partial charge in [-0.2, -0.15) is 0 Å². The molecular formula is C19H22N4O4S2. The fraction of sp³-hybridized carbons (Fsp3) is 0.316. The summed E-state index contributed by atoms with van der Waals surface area (Å²) in [6.45, 7) is 2.71. The standard InChI is InChI=1S/C19H22N4O4S2/c1-3-4-10-23-16-8-7-13(29(20,25)26)11-15(16)22-17(23)12-27-19(24)14-6-5-9-21-18(14)28-2/h5-9,11H,3-4,10,12H2,1-2H3,(H2,20,25,26). The van der Waals surface area contributed by atoms with E-state index in [2.05, 4.69) is 16.9 Å². The van der Waals surface area contributed by atoms with E-state index in [0.29, 0.717) is 28.5 Å². The van der Waals surface area contributed by atoms with Crippen LogP contribution in [0.1, 0.15) is 35.9 Å². The van der Waals surface area contributed by atoms with E-state index in [1.165, 1.54) is 23.9 Å². The van der Waals surface area contributed by atoms with E-state index in [4.69, 9.17) is 9.88 Å². The molecule has 3 aromatic rings.